The first-order chi connectivity index (χ1) is 11.7. The molecule has 0 aliphatic rings. The van der Waals surface area contributed by atoms with E-state index in [4.69, 9.17) is 4.74 Å². The molecule has 0 aliphatic heterocycles. The number of nitrogens with zero attached hydrogens (tertiary/aromatic N) is 2. The molecule has 1 aromatic heterocycles. The SMILES string of the molecule is CCCN(CCC)c1ccc(NC(=O)c2cccc(OC)c2)nc1. The summed E-state index contributed by atoms with van der Waals surface area (Å²) in [5.41, 5.74) is 1.62. The Kier molecular flexibility index (Phi) is 6.61. The molecule has 0 atom stereocenters. The molecule has 0 unspecified atom stereocenters. The van der Waals surface area contributed by atoms with Crippen molar-refractivity contribution in [3.8, 4) is 5.75 Å². The lowest BCUT2D eigenvalue weighted by atomic mass is 10.2. The predicted molar refractivity (Wildman–Crippen MR) is 98.0 cm³/mol. The summed E-state index contributed by atoms with van der Waals surface area (Å²) in [7, 11) is 1.58. The van der Waals surface area contributed by atoms with E-state index >= 15 is 0 Å². The molecule has 1 N–H and O–H groups in total. The highest BCUT2D eigenvalue weighted by atomic mass is 16.5. The highest BCUT2D eigenvalue weighted by Crippen LogP contribution is 2.17. The van der Waals surface area contributed by atoms with E-state index < -0.39 is 0 Å². The van der Waals surface area contributed by atoms with Gasteiger partial charge in [0.1, 0.15) is 11.6 Å². The number of anilines is 2. The van der Waals surface area contributed by atoms with Gasteiger partial charge in [0.05, 0.1) is 19.0 Å². The highest BCUT2D eigenvalue weighted by Gasteiger charge is 2.09. The molecule has 1 aromatic carbocycles. The average Bonchev–Trinajstić information content (AvgIpc) is 2.62. The van der Waals surface area contributed by atoms with Gasteiger partial charge in [0.25, 0.3) is 5.91 Å². The molecule has 128 valence electrons. The Morgan fingerprint density at radius 2 is 1.92 bits per heavy atom. The van der Waals surface area contributed by atoms with Crippen molar-refractivity contribution < 1.29 is 9.53 Å². The molecule has 0 saturated heterocycles. The van der Waals surface area contributed by atoms with Crippen molar-refractivity contribution in [1.29, 1.82) is 0 Å². The zero-order valence-electron chi connectivity index (χ0n) is 14.6. The monoisotopic (exact) mass is 327 g/mol. The van der Waals surface area contributed by atoms with E-state index in [0.717, 1.165) is 31.6 Å². The Labute approximate surface area is 143 Å². The summed E-state index contributed by atoms with van der Waals surface area (Å²) in [4.78, 5) is 19.0. The number of hydrogen-bond donors (Lipinski definition) is 1. The van der Waals surface area contributed by atoms with Crippen LogP contribution in [0.5, 0.6) is 5.75 Å². The van der Waals surface area contributed by atoms with Crippen LogP contribution in [0.4, 0.5) is 11.5 Å². The number of pyridine rings is 1. The second-order valence-corrected chi connectivity index (χ2v) is 5.57. The van der Waals surface area contributed by atoms with Crippen LogP contribution in [0.2, 0.25) is 0 Å². The second-order valence-electron chi connectivity index (χ2n) is 5.57. The van der Waals surface area contributed by atoms with Crippen molar-refractivity contribution in [2.45, 2.75) is 26.7 Å². The standard InChI is InChI=1S/C19H25N3O2/c1-4-11-22(12-5-2)16-9-10-18(20-14-16)21-19(23)15-7-6-8-17(13-15)24-3/h6-10,13-14H,4-5,11-12H2,1-3H3,(H,20,21,23). The number of carbonyl (C=O) groups excluding carboxylic acids is 1. The maximum Gasteiger partial charge on any atom is 0.256 e. The summed E-state index contributed by atoms with van der Waals surface area (Å²) in [6, 6.07) is 10.9. The zero-order chi connectivity index (χ0) is 17.4. The van der Waals surface area contributed by atoms with Crippen molar-refractivity contribution in [2.75, 3.05) is 30.4 Å². The van der Waals surface area contributed by atoms with Crippen molar-refractivity contribution in [3.63, 3.8) is 0 Å². The number of rotatable bonds is 8. The van der Waals surface area contributed by atoms with Gasteiger partial charge in [-0.05, 0) is 43.2 Å². The van der Waals surface area contributed by atoms with Gasteiger partial charge in [0.2, 0.25) is 0 Å². The Morgan fingerprint density at radius 1 is 1.17 bits per heavy atom. The van der Waals surface area contributed by atoms with E-state index in [-0.39, 0.29) is 5.91 Å². The summed E-state index contributed by atoms with van der Waals surface area (Å²) in [5, 5.41) is 2.82. The molecule has 5 nitrogen and oxygen atoms in total. The fourth-order valence-corrected chi connectivity index (χ4v) is 2.51. The van der Waals surface area contributed by atoms with Gasteiger partial charge < -0.3 is 15.0 Å². The number of methoxy groups -OCH3 is 1. The van der Waals surface area contributed by atoms with Gasteiger partial charge in [-0.2, -0.15) is 0 Å². The van der Waals surface area contributed by atoms with Crippen molar-refractivity contribution in [2.24, 2.45) is 0 Å². The topological polar surface area (TPSA) is 54.5 Å². The van der Waals surface area contributed by atoms with E-state index in [9.17, 15) is 4.79 Å². The molecule has 0 fully saturated rings. The van der Waals surface area contributed by atoms with Crippen LogP contribution < -0.4 is 15.0 Å². The molecule has 0 saturated carbocycles. The lowest BCUT2D eigenvalue weighted by Crippen LogP contribution is -2.25. The number of aromatic nitrogens is 1. The summed E-state index contributed by atoms with van der Waals surface area (Å²) in [5.74, 6) is 0.994. The smallest absolute Gasteiger partial charge is 0.256 e. The molecule has 0 radical (unpaired) electrons. The van der Waals surface area contributed by atoms with Gasteiger partial charge in [-0.3, -0.25) is 4.79 Å². The number of carbonyl (C=O) groups is 1. The maximum absolute atomic E-state index is 12.3. The van der Waals surface area contributed by atoms with E-state index in [2.05, 4.69) is 29.0 Å². The van der Waals surface area contributed by atoms with Crippen molar-refractivity contribution >= 4 is 17.4 Å². The fraction of sp³-hybridized carbons (Fsp3) is 0.368. The van der Waals surface area contributed by atoms with Gasteiger partial charge in [0, 0.05) is 18.7 Å². The third-order valence-electron chi connectivity index (χ3n) is 3.67. The van der Waals surface area contributed by atoms with E-state index in [1.807, 2.05) is 18.3 Å². The molecule has 2 aromatic rings. The third-order valence-corrected chi connectivity index (χ3v) is 3.67. The number of nitrogens with one attached hydrogen (secondary N) is 1. The first-order valence-corrected chi connectivity index (χ1v) is 8.34. The molecular formula is C19H25N3O2. The van der Waals surface area contributed by atoms with E-state index in [1.165, 1.54) is 0 Å². The largest absolute Gasteiger partial charge is 0.497 e. The highest BCUT2D eigenvalue weighted by molar-refractivity contribution is 6.04. The first-order valence-electron chi connectivity index (χ1n) is 8.34. The van der Waals surface area contributed by atoms with Crippen LogP contribution in [0.15, 0.2) is 42.6 Å². The summed E-state index contributed by atoms with van der Waals surface area (Å²) >= 11 is 0. The summed E-state index contributed by atoms with van der Waals surface area (Å²) in [6.07, 6.45) is 4.00. The molecule has 0 bridgehead atoms. The number of benzene rings is 1. The van der Waals surface area contributed by atoms with Crippen molar-refractivity contribution in [3.05, 3.63) is 48.2 Å². The molecule has 1 heterocycles. The van der Waals surface area contributed by atoms with Crippen LogP contribution in [0, 0.1) is 0 Å². The molecular weight excluding hydrogens is 302 g/mol. The van der Waals surface area contributed by atoms with Gasteiger partial charge in [-0.1, -0.05) is 19.9 Å². The van der Waals surface area contributed by atoms with Crippen LogP contribution >= 0.6 is 0 Å². The summed E-state index contributed by atoms with van der Waals surface area (Å²) < 4.78 is 5.14. The van der Waals surface area contributed by atoms with Gasteiger partial charge in [0.15, 0.2) is 0 Å². The zero-order valence-corrected chi connectivity index (χ0v) is 14.6. The fourth-order valence-electron chi connectivity index (χ4n) is 2.51. The van der Waals surface area contributed by atoms with Crippen LogP contribution in [-0.4, -0.2) is 31.1 Å². The lowest BCUT2D eigenvalue weighted by molar-refractivity contribution is 0.102. The van der Waals surface area contributed by atoms with E-state index in [1.54, 1.807) is 31.4 Å². The number of ether oxygens (including phenoxy) is 1. The minimum absolute atomic E-state index is 0.201. The first kappa shape index (κ1) is 17.8. The average molecular weight is 327 g/mol. The normalized spacial score (nSPS) is 10.3. The minimum atomic E-state index is -0.201. The van der Waals surface area contributed by atoms with Crippen LogP contribution in [0.25, 0.3) is 0 Å². The Hall–Kier alpha value is -2.56. The number of amides is 1. The molecule has 5 heteroatoms. The van der Waals surface area contributed by atoms with Crippen LogP contribution in [0.3, 0.4) is 0 Å². The third kappa shape index (κ3) is 4.72. The van der Waals surface area contributed by atoms with Crippen molar-refractivity contribution in [1.82, 2.24) is 4.98 Å². The molecule has 24 heavy (non-hydrogen) atoms. The van der Waals surface area contributed by atoms with Gasteiger partial charge in [-0.25, -0.2) is 4.98 Å². The number of hydrogen-bond acceptors (Lipinski definition) is 4. The van der Waals surface area contributed by atoms with Crippen LogP contribution in [0.1, 0.15) is 37.0 Å². The summed E-state index contributed by atoms with van der Waals surface area (Å²) in [6.45, 7) is 6.34. The molecule has 2 rings (SSSR count). The quantitative estimate of drug-likeness (QED) is 0.797. The Bertz CT molecular complexity index is 650. The maximum atomic E-state index is 12.3. The Balaban J connectivity index is 2.06. The molecule has 1 amide bonds. The predicted octanol–water partition coefficient (Wildman–Crippen LogP) is 3.97. The Morgan fingerprint density at radius 3 is 2.50 bits per heavy atom. The van der Waals surface area contributed by atoms with Gasteiger partial charge >= 0.3 is 0 Å². The molecule has 0 spiro atoms. The van der Waals surface area contributed by atoms with Gasteiger partial charge in [-0.15, -0.1) is 0 Å². The van der Waals surface area contributed by atoms with E-state index in [0.29, 0.717) is 17.1 Å². The lowest BCUT2D eigenvalue weighted by Gasteiger charge is -2.23. The molecule has 0 aliphatic carbocycles. The van der Waals surface area contributed by atoms with Crippen LogP contribution in [-0.2, 0) is 0 Å². The minimum Gasteiger partial charge on any atom is -0.497 e. The second kappa shape index (κ2) is 8.91.